The molecule has 2 aliphatic rings. The number of phenols is 1. The number of aryl methyl sites for hydroxylation is 1. The lowest BCUT2D eigenvalue weighted by molar-refractivity contribution is -0.141. The van der Waals surface area contributed by atoms with Gasteiger partial charge >= 0.3 is 0 Å². The first-order valence-electron chi connectivity index (χ1n) is 10.8. The molecule has 5 nitrogen and oxygen atoms in total. The third kappa shape index (κ3) is 3.94. The first-order valence-corrected chi connectivity index (χ1v) is 11.2. The van der Waals surface area contributed by atoms with E-state index >= 15 is 0 Å². The summed E-state index contributed by atoms with van der Waals surface area (Å²) in [5.41, 5.74) is 2.27. The maximum absolute atomic E-state index is 13.1. The van der Waals surface area contributed by atoms with Crippen molar-refractivity contribution < 1.29 is 19.8 Å². The molecule has 2 aromatic carbocycles. The van der Waals surface area contributed by atoms with Gasteiger partial charge in [0.15, 0.2) is 0 Å². The van der Waals surface area contributed by atoms with Crippen LogP contribution in [0.2, 0.25) is 5.02 Å². The molecule has 1 aliphatic heterocycles. The molecule has 162 valence electrons. The van der Waals surface area contributed by atoms with E-state index < -0.39 is 17.7 Å². The topological polar surface area (TPSA) is 77.8 Å². The Bertz CT molecular complexity index is 1040. The molecule has 0 aromatic heterocycles. The molecule has 1 heterocycles. The van der Waals surface area contributed by atoms with E-state index in [0.717, 1.165) is 44.1 Å². The van der Waals surface area contributed by atoms with Crippen molar-refractivity contribution in [1.82, 2.24) is 4.90 Å². The Balaban J connectivity index is 1.87. The van der Waals surface area contributed by atoms with E-state index in [1.807, 2.05) is 19.1 Å². The zero-order chi connectivity index (χ0) is 22.1. The second-order valence-electron chi connectivity index (χ2n) is 8.26. The fourth-order valence-electron chi connectivity index (χ4n) is 4.66. The number of hydrogen-bond acceptors (Lipinski definition) is 4. The molecule has 1 atom stereocenters. The molecule has 2 fully saturated rings. The molecule has 31 heavy (non-hydrogen) atoms. The summed E-state index contributed by atoms with van der Waals surface area (Å²) in [7, 11) is 0. The van der Waals surface area contributed by atoms with Crippen LogP contribution in [0.4, 0.5) is 0 Å². The predicted molar refractivity (Wildman–Crippen MR) is 120 cm³/mol. The Morgan fingerprint density at radius 1 is 1.06 bits per heavy atom. The van der Waals surface area contributed by atoms with Crippen LogP contribution in [-0.2, 0) is 16.0 Å². The number of aliphatic hydroxyl groups excluding tert-OH is 1. The molecule has 0 bridgehead atoms. The van der Waals surface area contributed by atoms with Gasteiger partial charge in [0.05, 0.1) is 16.6 Å². The standard InChI is InChI=1S/C25H26ClNO4/c1-2-15-8-10-16(11-9-15)23(29)21-22(17-12-13-20(28)19(26)14-17)27(25(31)24(21)30)18-6-4-3-5-7-18/h8-14,18,22,28-29H,2-7H2,1H3/b23-21-. The first kappa shape index (κ1) is 21.4. The van der Waals surface area contributed by atoms with Gasteiger partial charge in [-0.1, -0.05) is 68.1 Å². The summed E-state index contributed by atoms with van der Waals surface area (Å²) >= 11 is 6.16. The molecule has 4 rings (SSSR count). The Hall–Kier alpha value is -2.79. The monoisotopic (exact) mass is 439 g/mol. The predicted octanol–water partition coefficient (Wildman–Crippen LogP) is 5.36. The summed E-state index contributed by atoms with van der Waals surface area (Å²) in [6, 6.07) is 11.2. The van der Waals surface area contributed by atoms with E-state index in [-0.39, 0.29) is 28.1 Å². The molecule has 1 unspecified atom stereocenters. The Morgan fingerprint density at radius 3 is 2.35 bits per heavy atom. The quantitative estimate of drug-likeness (QED) is 0.381. The number of nitrogens with zero attached hydrogens (tertiary/aromatic N) is 1. The van der Waals surface area contributed by atoms with E-state index in [1.165, 1.54) is 6.07 Å². The van der Waals surface area contributed by atoms with Crippen molar-refractivity contribution in [2.45, 2.75) is 57.5 Å². The van der Waals surface area contributed by atoms with Crippen molar-refractivity contribution in [3.63, 3.8) is 0 Å². The van der Waals surface area contributed by atoms with Gasteiger partial charge in [-0.3, -0.25) is 9.59 Å². The molecule has 0 spiro atoms. The van der Waals surface area contributed by atoms with E-state index in [1.54, 1.807) is 29.2 Å². The van der Waals surface area contributed by atoms with Gasteiger partial charge < -0.3 is 15.1 Å². The van der Waals surface area contributed by atoms with Crippen LogP contribution >= 0.6 is 11.6 Å². The number of phenolic OH excluding ortho intramolecular Hbond substituents is 1. The number of benzene rings is 2. The van der Waals surface area contributed by atoms with Crippen LogP contribution in [0.5, 0.6) is 5.75 Å². The van der Waals surface area contributed by atoms with Gasteiger partial charge in [0.1, 0.15) is 11.5 Å². The third-order valence-electron chi connectivity index (χ3n) is 6.37. The van der Waals surface area contributed by atoms with Gasteiger partial charge in [0.2, 0.25) is 0 Å². The highest BCUT2D eigenvalue weighted by Gasteiger charge is 2.49. The zero-order valence-electron chi connectivity index (χ0n) is 17.5. The van der Waals surface area contributed by atoms with E-state index in [9.17, 15) is 19.8 Å². The average Bonchev–Trinajstić information content (AvgIpc) is 3.06. The highest BCUT2D eigenvalue weighted by atomic mass is 35.5. The molecule has 0 radical (unpaired) electrons. The maximum Gasteiger partial charge on any atom is 0.295 e. The minimum absolute atomic E-state index is 0.0709. The fourth-order valence-corrected chi connectivity index (χ4v) is 4.85. The van der Waals surface area contributed by atoms with Crippen LogP contribution in [-0.4, -0.2) is 32.8 Å². The summed E-state index contributed by atoms with van der Waals surface area (Å²) < 4.78 is 0. The van der Waals surface area contributed by atoms with Crippen LogP contribution in [0.25, 0.3) is 5.76 Å². The van der Waals surface area contributed by atoms with Crippen LogP contribution in [0.15, 0.2) is 48.0 Å². The molecule has 1 saturated carbocycles. The summed E-state index contributed by atoms with van der Waals surface area (Å²) in [5.74, 6) is -1.53. The number of carbonyl (C=O) groups is 2. The molecular formula is C25H26ClNO4. The Kier molecular flexibility index (Phi) is 6.05. The van der Waals surface area contributed by atoms with Crippen molar-refractivity contribution in [1.29, 1.82) is 0 Å². The summed E-state index contributed by atoms with van der Waals surface area (Å²) in [6.07, 6.45) is 5.60. The lowest BCUT2D eigenvalue weighted by atomic mass is 9.91. The lowest BCUT2D eigenvalue weighted by Crippen LogP contribution is -2.40. The van der Waals surface area contributed by atoms with Crippen molar-refractivity contribution in [2.24, 2.45) is 0 Å². The minimum Gasteiger partial charge on any atom is -0.507 e. The third-order valence-corrected chi connectivity index (χ3v) is 6.67. The number of halogens is 1. The van der Waals surface area contributed by atoms with Gasteiger partial charge in [0.25, 0.3) is 11.7 Å². The Labute approximate surface area is 187 Å². The minimum atomic E-state index is -0.743. The molecule has 2 N–H and O–H groups in total. The normalized spacial score (nSPS) is 21.6. The molecular weight excluding hydrogens is 414 g/mol. The number of carbonyl (C=O) groups excluding carboxylic acids is 2. The van der Waals surface area contributed by atoms with Gasteiger partial charge in [-0.25, -0.2) is 0 Å². The molecule has 1 amide bonds. The second-order valence-corrected chi connectivity index (χ2v) is 8.67. The SMILES string of the molecule is CCc1ccc(/C(O)=C2/C(=O)C(=O)N(C3CCCCC3)C2c2ccc(O)c(Cl)c2)cc1. The number of rotatable bonds is 4. The number of amides is 1. The number of aromatic hydroxyl groups is 1. The molecule has 1 aliphatic carbocycles. The lowest BCUT2D eigenvalue weighted by Gasteiger charge is -2.35. The molecule has 1 saturated heterocycles. The Morgan fingerprint density at radius 2 is 1.74 bits per heavy atom. The van der Waals surface area contributed by atoms with E-state index in [0.29, 0.717) is 11.1 Å². The second kappa shape index (κ2) is 8.75. The number of ketones is 1. The smallest absolute Gasteiger partial charge is 0.295 e. The van der Waals surface area contributed by atoms with E-state index in [4.69, 9.17) is 11.6 Å². The zero-order valence-corrected chi connectivity index (χ0v) is 18.2. The molecule has 2 aromatic rings. The molecule has 6 heteroatoms. The number of hydrogen-bond donors (Lipinski definition) is 2. The average molecular weight is 440 g/mol. The largest absolute Gasteiger partial charge is 0.507 e. The van der Waals surface area contributed by atoms with Crippen LogP contribution in [0.3, 0.4) is 0 Å². The van der Waals surface area contributed by atoms with Crippen molar-refractivity contribution in [3.05, 3.63) is 69.8 Å². The van der Waals surface area contributed by atoms with Crippen molar-refractivity contribution in [2.75, 3.05) is 0 Å². The van der Waals surface area contributed by atoms with Crippen LogP contribution in [0.1, 0.15) is 61.8 Å². The van der Waals surface area contributed by atoms with Gasteiger partial charge in [-0.15, -0.1) is 0 Å². The summed E-state index contributed by atoms with van der Waals surface area (Å²) in [5, 5.41) is 21.1. The summed E-state index contributed by atoms with van der Waals surface area (Å²) in [6.45, 7) is 2.04. The van der Waals surface area contributed by atoms with Crippen molar-refractivity contribution >= 4 is 29.1 Å². The summed E-state index contributed by atoms with van der Waals surface area (Å²) in [4.78, 5) is 27.9. The highest BCUT2D eigenvalue weighted by molar-refractivity contribution is 6.46. The highest BCUT2D eigenvalue weighted by Crippen LogP contribution is 2.44. The maximum atomic E-state index is 13.1. The van der Waals surface area contributed by atoms with Crippen molar-refractivity contribution in [3.8, 4) is 5.75 Å². The number of likely N-dealkylation sites (tertiary alicyclic amines) is 1. The number of Topliss-reactive ketones (excluding diaryl/α,β-unsaturated/α-hetero) is 1. The fraction of sp³-hybridized carbons (Fsp3) is 0.360. The van der Waals surface area contributed by atoms with Crippen LogP contribution < -0.4 is 0 Å². The van der Waals surface area contributed by atoms with Crippen LogP contribution in [0, 0.1) is 0 Å². The first-order chi connectivity index (χ1) is 14.9. The number of aliphatic hydroxyl groups is 1. The van der Waals surface area contributed by atoms with E-state index in [2.05, 4.69) is 0 Å². The van der Waals surface area contributed by atoms with Gasteiger partial charge in [-0.05, 0) is 42.5 Å². The van der Waals surface area contributed by atoms with Gasteiger partial charge in [0, 0.05) is 11.6 Å². The van der Waals surface area contributed by atoms with Gasteiger partial charge in [-0.2, -0.15) is 0 Å².